The molecule has 0 saturated carbocycles. The van der Waals surface area contributed by atoms with E-state index >= 15 is 0 Å². The van der Waals surface area contributed by atoms with Gasteiger partial charge >= 0.3 is 0 Å². The first kappa shape index (κ1) is 13.2. The number of hydrogen-bond donors (Lipinski definition) is 2. The molecule has 0 aliphatic carbocycles. The number of anilines is 1. The molecule has 7 heteroatoms. The molecule has 0 fully saturated rings. The van der Waals surface area contributed by atoms with Crippen LogP contribution in [0.5, 0.6) is 0 Å². The van der Waals surface area contributed by atoms with Crippen molar-refractivity contribution in [1.29, 1.82) is 0 Å². The summed E-state index contributed by atoms with van der Waals surface area (Å²) in [6, 6.07) is 6.34. The molecule has 0 bridgehead atoms. The zero-order valence-corrected chi connectivity index (χ0v) is 10.5. The number of amides is 1. The molecule has 4 nitrogen and oxygen atoms in total. The topological polar surface area (TPSA) is 57.8 Å². The molecule has 0 saturated heterocycles. The Morgan fingerprint density at radius 1 is 1.14 bits per heavy atom. The van der Waals surface area contributed by atoms with E-state index in [9.17, 15) is 18.0 Å². The first-order valence-electron chi connectivity index (χ1n) is 5.94. The highest BCUT2D eigenvalue weighted by atomic mass is 19.2. The van der Waals surface area contributed by atoms with Gasteiger partial charge in [-0.3, -0.25) is 9.89 Å². The van der Waals surface area contributed by atoms with Gasteiger partial charge in [-0.25, -0.2) is 13.2 Å². The maximum atomic E-state index is 13.1. The van der Waals surface area contributed by atoms with Crippen molar-refractivity contribution in [2.24, 2.45) is 0 Å². The Kier molecular flexibility index (Phi) is 3.09. The Bertz CT molecular complexity index is 821. The summed E-state index contributed by atoms with van der Waals surface area (Å²) >= 11 is 0. The fourth-order valence-electron chi connectivity index (χ4n) is 1.96. The second-order valence-electron chi connectivity index (χ2n) is 4.34. The van der Waals surface area contributed by atoms with E-state index < -0.39 is 23.4 Å². The predicted molar refractivity (Wildman–Crippen MR) is 70.4 cm³/mol. The molecule has 2 aromatic carbocycles. The Morgan fingerprint density at radius 3 is 2.57 bits per heavy atom. The zero-order valence-electron chi connectivity index (χ0n) is 10.5. The second-order valence-corrected chi connectivity index (χ2v) is 4.34. The normalized spacial score (nSPS) is 10.8. The van der Waals surface area contributed by atoms with E-state index in [2.05, 4.69) is 15.5 Å². The number of carbonyl (C=O) groups excluding carboxylic acids is 1. The van der Waals surface area contributed by atoms with Crippen molar-refractivity contribution in [2.45, 2.75) is 0 Å². The van der Waals surface area contributed by atoms with Gasteiger partial charge in [0.05, 0.1) is 17.4 Å². The van der Waals surface area contributed by atoms with E-state index in [1.54, 1.807) is 18.2 Å². The van der Waals surface area contributed by atoms with Crippen LogP contribution >= 0.6 is 0 Å². The van der Waals surface area contributed by atoms with E-state index in [0.29, 0.717) is 28.7 Å². The van der Waals surface area contributed by atoms with Gasteiger partial charge in [0.25, 0.3) is 5.91 Å². The number of benzene rings is 2. The summed E-state index contributed by atoms with van der Waals surface area (Å²) in [5.74, 6) is -5.19. The Balaban J connectivity index is 1.95. The molecular weight excluding hydrogens is 283 g/mol. The molecular formula is C14H8F3N3O. The minimum Gasteiger partial charge on any atom is -0.321 e. The highest BCUT2D eigenvalue weighted by Gasteiger charge is 2.16. The van der Waals surface area contributed by atoms with Crippen molar-refractivity contribution in [2.75, 3.05) is 5.32 Å². The minimum atomic E-state index is -1.61. The van der Waals surface area contributed by atoms with Crippen molar-refractivity contribution < 1.29 is 18.0 Å². The third kappa shape index (κ3) is 2.33. The lowest BCUT2D eigenvalue weighted by Crippen LogP contribution is -2.13. The second kappa shape index (κ2) is 4.93. The molecule has 0 aliphatic rings. The van der Waals surface area contributed by atoms with Crippen LogP contribution < -0.4 is 5.32 Å². The number of H-pyrrole nitrogens is 1. The number of halogens is 3. The monoisotopic (exact) mass is 291 g/mol. The highest BCUT2D eigenvalue weighted by molar-refractivity contribution is 6.08. The molecule has 3 rings (SSSR count). The fraction of sp³-hybridized carbons (Fsp3) is 0. The SMILES string of the molecule is O=C(Nc1cccc2[nH]ncc12)c1cc(F)c(F)c(F)c1. The van der Waals surface area contributed by atoms with Crippen LogP contribution in [-0.2, 0) is 0 Å². The van der Waals surface area contributed by atoms with Gasteiger partial charge in [0, 0.05) is 10.9 Å². The molecule has 1 aromatic heterocycles. The number of aromatic nitrogens is 2. The van der Waals surface area contributed by atoms with Gasteiger partial charge in [-0.1, -0.05) is 6.07 Å². The number of rotatable bonds is 2. The van der Waals surface area contributed by atoms with Crippen LogP contribution in [0.4, 0.5) is 18.9 Å². The summed E-state index contributed by atoms with van der Waals surface area (Å²) in [7, 11) is 0. The largest absolute Gasteiger partial charge is 0.321 e. The maximum absolute atomic E-state index is 13.1. The van der Waals surface area contributed by atoms with Crippen LogP contribution in [0.2, 0.25) is 0 Å². The Morgan fingerprint density at radius 2 is 1.86 bits per heavy atom. The van der Waals surface area contributed by atoms with Gasteiger partial charge in [0.1, 0.15) is 0 Å². The van der Waals surface area contributed by atoms with Crippen LogP contribution in [0.25, 0.3) is 10.9 Å². The first-order chi connectivity index (χ1) is 10.1. The molecule has 0 radical (unpaired) electrons. The van der Waals surface area contributed by atoms with Crippen molar-refractivity contribution >= 4 is 22.5 Å². The zero-order chi connectivity index (χ0) is 15.0. The summed E-state index contributed by atoms with van der Waals surface area (Å²) in [5, 5.41) is 9.72. The van der Waals surface area contributed by atoms with Crippen molar-refractivity contribution in [3.05, 3.63) is 59.5 Å². The van der Waals surface area contributed by atoms with Crippen LogP contribution in [0.3, 0.4) is 0 Å². The van der Waals surface area contributed by atoms with Crippen LogP contribution in [0.1, 0.15) is 10.4 Å². The number of hydrogen-bond acceptors (Lipinski definition) is 2. The van der Waals surface area contributed by atoms with Crippen LogP contribution in [0.15, 0.2) is 36.5 Å². The molecule has 2 N–H and O–H groups in total. The van der Waals surface area contributed by atoms with Crippen molar-refractivity contribution in [3.63, 3.8) is 0 Å². The lowest BCUT2D eigenvalue weighted by molar-refractivity contribution is 0.102. The smallest absolute Gasteiger partial charge is 0.255 e. The summed E-state index contributed by atoms with van der Waals surface area (Å²) < 4.78 is 39.1. The first-order valence-corrected chi connectivity index (χ1v) is 5.94. The summed E-state index contributed by atoms with van der Waals surface area (Å²) in [5.41, 5.74) is 0.813. The van der Waals surface area contributed by atoms with E-state index in [0.717, 1.165) is 0 Å². The Labute approximate surface area is 116 Å². The number of carbonyl (C=O) groups is 1. The predicted octanol–water partition coefficient (Wildman–Crippen LogP) is 3.23. The number of nitrogens with one attached hydrogen (secondary N) is 2. The molecule has 3 aromatic rings. The summed E-state index contributed by atoms with van der Waals surface area (Å²) in [6.07, 6.45) is 1.51. The lowest BCUT2D eigenvalue weighted by atomic mass is 10.1. The van der Waals surface area contributed by atoms with E-state index in [1.165, 1.54) is 6.20 Å². The van der Waals surface area contributed by atoms with E-state index in [4.69, 9.17) is 0 Å². The maximum Gasteiger partial charge on any atom is 0.255 e. The Hall–Kier alpha value is -2.83. The van der Waals surface area contributed by atoms with Gasteiger partial charge in [-0.05, 0) is 24.3 Å². The molecule has 0 spiro atoms. The van der Waals surface area contributed by atoms with E-state index in [1.807, 2.05) is 0 Å². The molecule has 1 heterocycles. The van der Waals surface area contributed by atoms with Gasteiger partial charge in [0.15, 0.2) is 17.5 Å². The van der Waals surface area contributed by atoms with Crippen LogP contribution in [-0.4, -0.2) is 16.1 Å². The summed E-state index contributed by atoms with van der Waals surface area (Å²) in [6.45, 7) is 0. The minimum absolute atomic E-state index is 0.313. The highest BCUT2D eigenvalue weighted by Crippen LogP contribution is 2.22. The quantitative estimate of drug-likeness (QED) is 0.712. The van der Waals surface area contributed by atoms with Gasteiger partial charge in [-0.15, -0.1) is 0 Å². The van der Waals surface area contributed by atoms with Crippen LogP contribution in [0, 0.1) is 17.5 Å². The van der Waals surface area contributed by atoms with Gasteiger partial charge in [0.2, 0.25) is 0 Å². The lowest BCUT2D eigenvalue weighted by Gasteiger charge is -2.07. The third-order valence-electron chi connectivity index (χ3n) is 2.98. The number of nitrogens with zero attached hydrogens (tertiary/aromatic N) is 1. The van der Waals surface area contributed by atoms with Gasteiger partial charge < -0.3 is 5.32 Å². The van der Waals surface area contributed by atoms with Gasteiger partial charge in [-0.2, -0.15) is 5.10 Å². The molecule has 106 valence electrons. The average molecular weight is 291 g/mol. The standard InChI is InChI=1S/C14H8F3N3O/c15-9-4-7(5-10(16)13(9)17)14(21)19-11-2-1-3-12-8(11)6-18-20-12/h1-6H,(H,18,20)(H,19,21). The fourth-order valence-corrected chi connectivity index (χ4v) is 1.96. The molecule has 21 heavy (non-hydrogen) atoms. The molecule has 0 atom stereocenters. The number of fused-ring (bicyclic) bond motifs is 1. The van der Waals surface area contributed by atoms with E-state index in [-0.39, 0.29) is 5.56 Å². The molecule has 1 amide bonds. The molecule has 0 aliphatic heterocycles. The van der Waals surface area contributed by atoms with Crippen molar-refractivity contribution in [3.8, 4) is 0 Å². The molecule has 0 unspecified atom stereocenters. The number of aromatic amines is 1. The average Bonchev–Trinajstić information content (AvgIpc) is 2.93. The third-order valence-corrected chi connectivity index (χ3v) is 2.98. The van der Waals surface area contributed by atoms with Crippen molar-refractivity contribution in [1.82, 2.24) is 10.2 Å². The summed E-state index contributed by atoms with van der Waals surface area (Å²) in [4.78, 5) is 12.0.